The Hall–Kier alpha value is -1.63. The highest BCUT2D eigenvalue weighted by atomic mass is 16.2. The van der Waals surface area contributed by atoms with E-state index in [1.807, 2.05) is 13.8 Å². The second kappa shape index (κ2) is 7.77. The molecule has 2 aliphatic heterocycles. The minimum atomic E-state index is -0.489. The molecule has 0 unspecified atom stereocenters. The molecule has 2 saturated heterocycles. The molecule has 0 aromatic rings. The van der Waals surface area contributed by atoms with Gasteiger partial charge in [0.1, 0.15) is 6.04 Å². The molecular weight excluding hydrogens is 296 g/mol. The molecule has 2 aliphatic rings. The summed E-state index contributed by atoms with van der Waals surface area (Å²) in [5.74, 6) is -0.119. The highest BCUT2D eigenvalue weighted by Gasteiger charge is 2.38. The third kappa shape index (κ3) is 4.67. The van der Waals surface area contributed by atoms with Gasteiger partial charge in [-0.15, -0.1) is 0 Å². The Bertz CT molecular complexity index is 466. The zero-order chi connectivity index (χ0) is 17.0. The maximum atomic E-state index is 12.5. The first-order valence-electron chi connectivity index (χ1n) is 8.51. The van der Waals surface area contributed by atoms with Crippen LogP contribution in [-0.4, -0.2) is 65.3 Å². The molecule has 7 nitrogen and oxygen atoms in total. The van der Waals surface area contributed by atoms with E-state index in [1.165, 1.54) is 0 Å². The van der Waals surface area contributed by atoms with E-state index in [-0.39, 0.29) is 36.2 Å². The predicted molar refractivity (Wildman–Crippen MR) is 86.4 cm³/mol. The molecule has 0 saturated carbocycles. The van der Waals surface area contributed by atoms with Crippen molar-refractivity contribution in [3.8, 4) is 0 Å². The number of likely N-dealkylation sites (tertiary alicyclic amines) is 2. The molecular formula is C16H28N4O3. The molecule has 130 valence electrons. The van der Waals surface area contributed by atoms with Gasteiger partial charge in [-0.05, 0) is 33.1 Å². The van der Waals surface area contributed by atoms with E-state index in [0.717, 1.165) is 19.4 Å². The summed E-state index contributed by atoms with van der Waals surface area (Å²) in [5, 5.41) is 2.85. The zero-order valence-electron chi connectivity index (χ0n) is 14.1. The summed E-state index contributed by atoms with van der Waals surface area (Å²) in [5.41, 5.74) is 5.94. The number of hydrogen-bond donors (Lipinski definition) is 2. The lowest BCUT2D eigenvalue weighted by Gasteiger charge is -2.29. The van der Waals surface area contributed by atoms with Gasteiger partial charge in [0.15, 0.2) is 0 Å². The molecule has 0 aromatic heterocycles. The average molecular weight is 324 g/mol. The average Bonchev–Trinajstić information content (AvgIpc) is 2.87. The predicted octanol–water partition coefficient (Wildman–Crippen LogP) is -0.158. The van der Waals surface area contributed by atoms with Gasteiger partial charge in [-0.25, -0.2) is 0 Å². The van der Waals surface area contributed by atoms with Gasteiger partial charge in [-0.3, -0.25) is 14.4 Å². The zero-order valence-corrected chi connectivity index (χ0v) is 14.1. The number of rotatable bonds is 5. The van der Waals surface area contributed by atoms with Crippen molar-refractivity contribution in [1.29, 1.82) is 0 Å². The largest absolute Gasteiger partial charge is 0.352 e. The molecule has 23 heavy (non-hydrogen) atoms. The maximum absolute atomic E-state index is 12.5. The van der Waals surface area contributed by atoms with Crippen molar-refractivity contribution >= 4 is 17.7 Å². The third-order valence-electron chi connectivity index (χ3n) is 4.40. The van der Waals surface area contributed by atoms with Crippen LogP contribution in [0.4, 0.5) is 0 Å². The maximum Gasteiger partial charge on any atom is 0.243 e. The number of nitrogens with zero attached hydrogens (tertiary/aromatic N) is 2. The van der Waals surface area contributed by atoms with Crippen molar-refractivity contribution in [3.05, 3.63) is 0 Å². The highest BCUT2D eigenvalue weighted by Crippen LogP contribution is 2.19. The van der Waals surface area contributed by atoms with Crippen molar-refractivity contribution in [3.63, 3.8) is 0 Å². The molecule has 3 amide bonds. The SMILES string of the molecule is CC(C)NC(=O)[C@@H]1C[C@@H](N)CN1C(=O)CCN1CCCCC1=O. The summed E-state index contributed by atoms with van der Waals surface area (Å²) in [6.07, 6.45) is 3.24. The lowest BCUT2D eigenvalue weighted by molar-refractivity contribution is -0.140. The Morgan fingerprint density at radius 2 is 2.09 bits per heavy atom. The van der Waals surface area contributed by atoms with Crippen LogP contribution in [0.1, 0.15) is 46.0 Å². The van der Waals surface area contributed by atoms with Crippen LogP contribution in [0.3, 0.4) is 0 Å². The molecule has 0 spiro atoms. The molecule has 0 aliphatic carbocycles. The molecule has 0 aromatic carbocycles. The van der Waals surface area contributed by atoms with Crippen LogP contribution in [0.2, 0.25) is 0 Å². The Labute approximate surface area is 137 Å². The van der Waals surface area contributed by atoms with E-state index in [0.29, 0.717) is 25.9 Å². The molecule has 2 fully saturated rings. The molecule has 0 bridgehead atoms. The number of carbonyl (C=O) groups excluding carboxylic acids is 3. The van der Waals surface area contributed by atoms with Crippen LogP contribution in [-0.2, 0) is 14.4 Å². The van der Waals surface area contributed by atoms with Crippen LogP contribution in [0.15, 0.2) is 0 Å². The molecule has 7 heteroatoms. The Morgan fingerprint density at radius 1 is 1.35 bits per heavy atom. The first kappa shape index (κ1) is 17.7. The van der Waals surface area contributed by atoms with Gasteiger partial charge >= 0.3 is 0 Å². The minimum absolute atomic E-state index is 0.0299. The minimum Gasteiger partial charge on any atom is -0.352 e. The van der Waals surface area contributed by atoms with Crippen molar-refractivity contribution in [2.75, 3.05) is 19.6 Å². The number of nitrogens with one attached hydrogen (secondary N) is 1. The first-order valence-corrected chi connectivity index (χ1v) is 8.51. The Balaban J connectivity index is 1.90. The van der Waals surface area contributed by atoms with Gasteiger partial charge in [-0.1, -0.05) is 0 Å². The second-order valence-corrected chi connectivity index (χ2v) is 6.81. The molecule has 2 heterocycles. The van der Waals surface area contributed by atoms with E-state index < -0.39 is 6.04 Å². The fourth-order valence-electron chi connectivity index (χ4n) is 3.25. The van der Waals surface area contributed by atoms with E-state index in [2.05, 4.69) is 5.32 Å². The van der Waals surface area contributed by atoms with E-state index >= 15 is 0 Å². The summed E-state index contributed by atoms with van der Waals surface area (Å²) in [6.45, 7) is 5.34. The van der Waals surface area contributed by atoms with Gasteiger partial charge in [0.25, 0.3) is 0 Å². The summed E-state index contributed by atoms with van der Waals surface area (Å²) >= 11 is 0. The standard InChI is InChI=1S/C16H28N4O3/c1-11(2)18-16(23)13-9-12(17)10-20(13)15(22)6-8-19-7-4-3-5-14(19)21/h11-13H,3-10,17H2,1-2H3,(H,18,23)/t12-,13+/m1/s1. The highest BCUT2D eigenvalue weighted by molar-refractivity contribution is 5.89. The van der Waals surface area contributed by atoms with Crippen molar-refractivity contribution in [1.82, 2.24) is 15.1 Å². The summed E-state index contributed by atoms with van der Waals surface area (Å²) < 4.78 is 0. The number of nitrogens with two attached hydrogens (primary N) is 1. The summed E-state index contributed by atoms with van der Waals surface area (Å²) in [7, 11) is 0. The second-order valence-electron chi connectivity index (χ2n) is 6.81. The molecule has 0 radical (unpaired) electrons. The van der Waals surface area contributed by atoms with Crippen LogP contribution in [0.5, 0.6) is 0 Å². The first-order chi connectivity index (χ1) is 10.9. The Kier molecular flexibility index (Phi) is 5.98. The van der Waals surface area contributed by atoms with Crippen molar-refractivity contribution in [2.24, 2.45) is 5.73 Å². The monoisotopic (exact) mass is 324 g/mol. The van der Waals surface area contributed by atoms with E-state index in [9.17, 15) is 14.4 Å². The summed E-state index contributed by atoms with van der Waals surface area (Å²) in [4.78, 5) is 39.9. The number of piperidine rings is 1. The van der Waals surface area contributed by atoms with E-state index in [1.54, 1.807) is 9.80 Å². The quantitative estimate of drug-likeness (QED) is 0.734. The molecule has 3 N–H and O–H groups in total. The van der Waals surface area contributed by atoms with Crippen LogP contribution in [0, 0.1) is 0 Å². The smallest absolute Gasteiger partial charge is 0.243 e. The number of amides is 3. The molecule has 2 rings (SSSR count). The van der Waals surface area contributed by atoms with Gasteiger partial charge in [0, 0.05) is 44.6 Å². The molecule has 2 atom stereocenters. The van der Waals surface area contributed by atoms with Gasteiger partial charge in [0.05, 0.1) is 0 Å². The van der Waals surface area contributed by atoms with E-state index in [4.69, 9.17) is 5.73 Å². The third-order valence-corrected chi connectivity index (χ3v) is 4.40. The van der Waals surface area contributed by atoms with Gasteiger partial charge in [0.2, 0.25) is 17.7 Å². The number of hydrogen-bond acceptors (Lipinski definition) is 4. The van der Waals surface area contributed by atoms with Crippen LogP contribution in [0.25, 0.3) is 0 Å². The fraction of sp³-hybridized carbons (Fsp3) is 0.812. The lowest BCUT2D eigenvalue weighted by Crippen LogP contribution is -2.48. The van der Waals surface area contributed by atoms with Gasteiger partial charge < -0.3 is 20.9 Å². The summed E-state index contributed by atoms with van der Waals surface area (Å²) in [6, 6.07) is -0.627. The Morgan fingerprint density at radius 3 is 2.74 bits per heavy atom. The van der Waals surface area contributed by atoms with Crippen molar-refractivity contribution in [2.45, 2.75) is 64.1 Å². The van der Waals surface area contributed by atoms with Gasteiger partial charge in [-0.2, -0.15) is 0 Å². The topological polar surface area (TPSA) is 95.7 Å². The number of carbonyl (C=O) groups is 3. The fourth-order valence-corrected chi connectivity index (χ4v) is 3.25. The van der Waals surface area contributed by atoms with Crippen molar-refractivity contribution < 1.29 is 14.4 Å². The van der Waals surface area contributed by atoms with Crippen LogP contribution < -0.4 is 11.1 Å². The van der Waals surface area contributed by atoms with Crippen LogP contribution >= 0.6 is 0 Å². The lowest BCUT2D eigenvalue weighted by atomic mass is 10.1. The normalized spacial score (nSPS) is 25.1.